The molecule has 0 radical (unpaired) electrons. The van der Waals surface area contributed by atoms with Gasteiger partial charge >= 0.3 is 0 Å². The number of hydrogen-bond donors (Lipinski definition) is 1. The molecule has 0 spiro atoms. The van der Waals surface area contributed by atoms with Crippen LogP contribution in [0.2, 0.25) is 0 Å². The van der Waals surface area contributed by atoms with Crippen molar-refractivity contribution in [1.82, 2.24) is 4.90 Å². The fourth-order valence-electron chi connectivity index (χ4n) is 2.02. The quantitative estimate of drug-likeness (QED) is 0.723. The van der Waals surface area contributed by atoms with Gasteiger partial charge in [0.15, 0.2) is 0 Å². The molecule has 1 aromatic carbocycles. The number of rotatable bonds is 7. The van der Waals surface area contributed by atoms with Gasteiger partial charge in [0, 0.05) is 10.1 Å². The SMILES string of the molecule is CCCN(CCC)CC(O)c1ccccc1I.Cl. The van der Waals surface area contributed by atoms with E-state index in [2.05, 4.69) is 41.3 Å². The highest BCUT2D eigenvalue weighted by molar-refractivity contribution is 14.1. The molecule has 0 heterocycles. The average Bonchev–Trinajstić information content (AvgIpc) is 2.30. The first-order chi connectivity index (χ1) is 8.19. The molecule has 1 N–H and O–H groups in total. The van der Waals surface area contributed by atoms with E-state index in [1.807, 2.05) is 24.3 Å². The molecule has 104 valence electrons. The summed E-state index contributed by atoms with van der Waals surface area (Å²) in [5, 5.41) is 10.3. The summed E-state index contributed by atoms with van der Waals surface area (Å²) >= 11 is 2.29. The van der Waals surface area contributed by atoms with Gasteiger partial charge in [-0.2, -0.15) is 0 Å². The molecule has 0 aliphatic rings. The molecule has 2 nitrogen and oxygen atoms in total. The summed E-state index contributed by atoms with van der Waals surface area (Å²) in [7, 11) is 0. The third-order valence-corrected chi connectivity index (χ3v) is 3.76. The second-order valence-corrected chi connectivity index (χ2v) is 5.50. The Morgan fingerprint density at radius 1 is 1.17 bits per heavy atom. The van der Waals surface area contributed by atoms with Gasteiger partial charge in [-0.3, -0.25) is 0 Å². The molecule has 1 atom stereocenters. The minimum absolute atomic E-state index is 0. The van der Waals surface area contributed by atoms with E-state index in [4.69, 9.17) is 0 Å². The lowest BCUT2D eigenvalue weighted by Crippen LogP contribution is -2.30. The van der Waals surface area contributed by atoms with Crippen LogP contribution >= 0.6 is 35.0 Å². The van der Waals surface area contributed by atoms with Crippen LogP contribution in [0.1, 0.15) is 38.4 Å². The van der Waals surface area contributed by atoms with Crippen LogP contribution in [0, 0.1) is 3.57 Å². The minimum atomic E-state index is -0.374. The van der Waals surface area contributed by atoms with Crippen molar-refractivity contribution in [2.45, 2.75) is 32.8 Å². The van der Waals surface area contributed by atoms with E-state index in [1.54, 1.807) is 0 Å². The van der Waals surface area contributed by atoms with Crippen molar-refractivity contribution in [1.29, 1.82) is 0 Å². The maximum atomic E-state index is 10.3. The molecule has 1 rings (SSSR count). The zero-order valence-corrected chi connectivity index (χ0v) is 14.1. The summed E-state index contributed by atoms with van der Waals surface area (Å²) in [6, 6.07) is 8.06. The number of halogens is 2. The lowest BCUT2D eigenvalue weighted by atomic mass is 10.1. The van der Waals surface area contributed by atoms with E-state index < -0.39 is 0 Å². The van der Waals surface area contributed by atoms with E-state index in [9.17, 15) is 5.11 Å². The largest absolute Gasteiger partial charge is 0.387 e. The van der Waals surface area contributed by atoms with Crippen molar-refractivity contribution in [2.75, 3.05) is 19.6 Å². The molecule has 1 unspecified atom stereocenters. The number of aliphatic hydroxyl groups excluding tert-OH is 1. The molecule has 0 amide bonds. The lowest BCUT2D eigenvalue weighted by molar-refractivity contribution is 0.112. The van der Waals surface area contributed by atoms with Gasteiger partial charge in [0.2, 0.25) is 0 Å². The van der Waals surface area contributed by atoms with Gasteiger partial charge in [0.05, 0.1) is 6.10 Å². The normalized spacial score (nSPS) is 12.3. The minimum Gasteiger partial charge on any atom is -0.387 e. The lowest BCUT2D eigenvalue weighted by Gasteiger charge is -2.24. The molecule has 1 aromatic rings. The molecular formula is C14H23ClINO. The Kier molecular flexibility index (Phi) is 10.1. The predicted octanol–water partition coefficient (Wildman–Crippen LogP) is 3.87. The Balaban J connectivity index is 0.00000289. The van der Waals surface area contributed by atoms with Crippen LogP contribution in [0.15, 0.2) is 24.3 Å². The van der Waals surface area contributed by atoms with Crippen molar-refractivity contribution in [3.8, 4) is 0 Å². The van der Waals surface area contributed by atoms with E-state index in [0.717, 1.165) is 41.6 Å². The van der Waals surface area contributed by atoms with E-state index in [1.165, 1.54) is 0 Å². The first kappa shape index (κ1) is 18.2. The van der Waals surface area contributed by atoms with Gasteiger partial charge in [0.25, 0.3) is 0 Å². The molecule has 18 heavy (non-hydrogen) atoms. The van der Waals surface area contributed by atoms with Crippen molar-refractivity contribution < 1.29 is 5.11 Å². The number of aliphatic hydroxyl groups is 1. The van der Waals surface area contributed by atoms with Gasteiger partial charge in [0.1, 0.15) is 0 Å². The highest BCUT2D eigenvalue weighted by Gasteiger charge is 2.14. The van der Waals surface area contributed by atoms with Crippen LogP contribution in [-0.2, 0) is 0 Å². The van der Waals surface area contributed by atoms with Gasteiger partial charge in [-0.05, 0) is 60.2 Å². The van der Waals surface area contributed by atoms with E-state index in [0.29, 0.717) is 0 Å². The molecule has 0 saturated heterocycles. The third-order valence-electron chi connectivity index (χ3n) is 2.78. The van der Waals surface area contributed by atoms with Crippen LogP contribution < -0.4 is 0 Å². The molecular weight excluding hydrogens is 361 g/mol. The van der Waals surface area contributed by atoms with Crippen molar-refractivity contribution >= 4 is 35.0 Å². The molecule has 0 saturated carbocycles. The van der Waals surface area contributed by atoms with Crippen LogP contribution in [0.4, 0.5) is 0 Å². The molecule has 0 bridgehead atoms. The zero-order chi connectivity index (χ0) is 12.7. The Morgan fingerprint density at radius 3 is 2.22 bits per heavy atom. The zero-order valence-electron chi connectivity index (χ0n) is 11.1. The highest BCUT2D eigenvalue weighted by Crippen LogP contribution is 2.20. The fraction of sp³-hybridized carbons (Fsp3) is 0.571. The summed E-state index contributed by atoms with van der Waals surface area (Å²) < 4.78 is 1.14. The molecule has 0 aliphatic heterocycles. The standard InChI is InChI=1S/C14H22INO.ClH/c1-3-9-16(10-4-2)11-14(17)12-7-5-6-8-13(12)15;/h5-8,14,17H,3-4,9-11H2,1-2H3;1H. The summed E-state index contributed by atoms with van der Waals surface area (Å²) in [6.07, 6.45) is 1.90. The highest BCUT2D eigenvalue weighted by atomic mass is 127. The van der Waals surface area contributed by atoms with Gasteiger partial charge < -0.3 is 10.0 Å². The molecule has 4 heteroatoms. The smallest absolute Gasteiger partial charge is 0.0927 e. The number of benzene rings is 1. The average molecular weight is 384 g/mol. The Hall–Kier alpha value is 0.160. The second kappa shape index (κ2) is 10.0. The molecule has 0 aliphatic carbocycles. The predicted molar refractivity (Wildman–Crippen MR) is 88.4 cm³/mol. The summed E-state index contributed by atoms with van der Waals surface area (Å²) in [4.78, 5) is 2.34. The molecule has 0 fully saturated rings. The van der Waals surface area contributed by atoms with Crippen molar-refractivity contribution in [3.05, 3.63) is 33.4 Å². The number of hydrogen-bond acceptors (Lipinski definition) is 2. The van der Waals surface area contributed by atoms with Crippen LogP contribution in [0.5, 0.6) is 0 Å². The monoisotopic (exact) mass is 383 g/mol. The fourth-order valence-corrected chi connectivity index (χ4v) is 2.76. The van der Waals surface area contributed by atoms with E-state index in [-0.39, 0.29) is 18.5 Å². The summed E-state index contributed by atoms with van der Waals surface area (Å²) in [5.74, 6) is 0. The van der Waals surface area contributed by atoms with Crippen molar-refractivity contribution in [3.63, 3.8) is 0 Å². The summed E-state index contributed by atoms with van der Waals surface area (Å²) in [5.41, 5.74) is 1.05. The number of nitrogens with zero attached hydrogens (tertiary/aromatic N) is 1. The van der Waals surface area contributed by atoms with Crippen molar-refractivity contribution in [2.24, 2.45) is 0 Å². The first-order valence-corrected chi connectivity index (χ1v) is 7.41. The van der Waals surface area contributed by atoms with Crippen LogP contribution in [0.25, 0.3) is 0 Å². The summed E-state index contributed by atoms with van der Waals surface area (Å²) in [6.45, 7) is 7.23. The Bertz CT molecular complexity index is 329. The molecule has 0 aromatic heterocycles. The maximum absolute atomic E-state index is 10.3. The van der Waals surface area contributed by atoms with Crippen LogP contribution in [-0.4, -0.2) is 29.6 Å². The van der Waals surface area contributed by atoms with Gasteiger partial charge in [-0.1, -0.05) is 32.0 Å². The topological polar surface area (TPSA) is 23.5 Å². The third kappa shape index (κ3) is 5.87. The van der Waals surface area contributed by atoms with Gasteiger partial charge in [-0.15, -0.1) is 12.4 Å². The second-order valence-electron chi connectivity index (χ2n) is 4.34. The van der Waals surface area contributed by atoms with Crippen LogP contribution in [0.3, 0.4) is 0 Å². The van der Waals surface area contributed by atoms with Gasteiger partial charge in [-0.25, -0.2) is 0 Å². The Labute approximate surface area is 130 Å². The Morgan fingerprint density at radius 2 is 1.72 bits per heavy atom. The first-order valence-electron chi connectivity index (χ1n) is 6.33. The van der Waals surface area contributed by atoms with E-state index >= 15 is 0 Å². The maximum Gasteiger partial charge on any atom is 0.0927 e.